The van der Waals surface area contributed by atoms with E-state index in [1.165, 1.54) is 5.56 Å². The van der Waals surface area contributed by atoms with Crippen LogP contribution in [-0.4, -0.2) is 24.5 Å². The van der Waals surface area contributed by atoms with Crippen molar-refractivity contribution in [2.75, 3.05) is 13.7 Å². The lowest BCUT2D eigenvalue weighted by atomic mass is 9.85. The van der Waals surface area contributed by atoms with E-state index >= 15 is 0 Å². The summed E-state index contributed by atoms with van der Waals surface area (Å²) in [6.07, 6.45) is 4.17. The fraction of sp³-hybridized carbons (Fsp3) is 0.286. The molecule has 0 aromatic heterocycles. The van der Waals surface area contributed by atoms with Crippen molar-refractivity contribution < 1.29 is 9.53 Å². The molecule has 0 atom stereocenters. The average molecular weight is 319 g/mol. The number of nitrogens with zero attached hydrogens (tertiary/aromatic N) is 1. The number of benzene rings is 2. The van der Waals surface area contributed by atoms with E-state index < -0.39 is 0 Å². The van der Waals surface area contributed by atoms with Crippen LogP contribution in [0, 0.1) is 0 Å². The van der Waals surface area contributed by atoms with Crippen molar-refractivity contribution >= 4 is 12.0 Å². The lowest BCUT2D eigenvalue weighted by Crippen LogP contribution is -2.42. The molecule has 4 rings (SSSR count). The van der Waals surface area contributed by atoms with Gasteiger partial charge < -0.3 is 9.64 Å². The van der Waals surface area contributed by atoms with Crippen LogP contribution in [0.25, 0.3) is 6.08 Å². The summed E-state index contributed by atoms with van der Waals surface area (Å²) in [5.41, 5.74) is 4.46. The van der Waals surface area contributed by atoms with Crippen molar-refractivity contribution in [2.45, 2.75) is 24.8 Å². The maximum Gasteiger partial charge on any atom is 0.254 e. The molecular formula is C21H21NO2. The fourth-order valence-electron chi connectivity index (χ4n) is 3.66. The molecule has 0 unspecified atom stereocenters. The van der Waals surface area contributed by atoms with Gasteiger partial charge in [0, 0.05) is 24.1 Å². The van der Waals surface area contributed by atoms with E-state index in [4.69, 9.17) is 4.74 Å². The first kappa shape index (κ1) is 15.0. The lowest BCUT2D eigenvalue weighted by molar-refractivity contribution is 0.0699. The molecule has 1 spiro atoms. The number of fused-ring (bicyclic) bond motifs is 2. The summed E-state index contributed by atoms with van der Waals surface area (Å²) in [6.45, 7) is 5.30. The van der Waals surface area contributed by atoms with Gasteiger partial charge in [-0.15, -0.1) is 0 Å². The third-order valence-electron chi connectivity index (χ3n) is 5.25. The van der Waals surface area contributed by atoms with Crippen molar-refractivity contribution in [3.63, 3.8) is 0 Å². The SMILES string of the molecule is C=Cc1ccc2c(c1)C1(CC1)CN(Cc1ccc(OC)cc1)C2=O. The van der Waals surface area contributed by atoms with Gasteiger partial charge in [0.25, 0.3) is 5.91 Å². The molecule has 1 aliphatic carbocycles. The highest BCUT2D eigenvalue weighted by molar-refractivity contribution is 5.98. The van der Waals surface area contributed by atoms with Crippen molar-refractivity contribution in [2.24, 2.45) is 0 Å². The number of hydrogen-bond donors (Lipinski definition) is 0. The molecule has 1 heterocycles. The van der Waals surface area contributed by atoms with E-state index in [0.717, 1.165) is 41.8 Å². The molecule has 2 aliphatic rings. The zero-order valence-electron chi connectivity index (χ0n) is 13.9. The largest absolute Gasteiger partial charge is 0.497 e. The Morgan fingerprint density at radius 2 is 1.96 bits per heavy atom. The number of carbonyl (C=O) groups excluding carboxylic acids is 1. The second-order valence-corrected chi connectivity index (χ2v) is 6.80. The van der Waals surface area contributed by atoms with Crippen molar-refractivity contribution in [1.29, 1.82) is 0 Å². The maximum atomic E-state index is 12.9. The molecule has 3 nitrogen and oxygen atoms in total. The smallest absolute Gasteiger partial charge is 0.254 e. The Morgan fingerprint density at radius 3 is 2.58 bits per heavy atom. The summed E-state index contributed by atoms with van der Waals surface area (Å²) in [6, 6.07) is 14.1. The topological polar surface area (TPSA) is 29.5 Å². The number of carbonyl (C=O) groups is 1. The van der Waals surface area contributed by atoms with Gasteiger partial charge in [0.15, 0.2) is 0 Å². The fourth-order valence-corrected chi connectivity index (χ4v) is 3.66. The number of ether oxygens (including phenoxy) is 1. The highest BCUT2D eigenvalue weighted by atomic mass is 16.5. The van der Waals surface area contributed by atoms with Gasteiger partial charge in [0.05, 0.1) is 7.11 Å². The maximum absolute atomic E-state index is 12.9. The highest BCUT2D eigenvalue weighted by Gasteiger charge is 2.51. The molecule has 3 heteroatoms. The van der Waals surface area contributed by atoms with Gasteiger partial charge >= 0.3 is 0 Å². The van der Waals surface area contributed by atoms with Crippen LogP contribution in [0.3, 0.4) is 0 Å². The molecule has 122 valence electrons. The predicted octanol–water partition coefficient (Wildman–Crippen LogP) is 4.03. The lowest BCUT2D eigenvalue weighted by Gasteiger charge is -2.35. The quantitative estimate of drug-likeness (QED) is 0.851. The Kier molecular flexibility index (Phi) is 3.45. The van der Waals surface area contributed by atoms with Gasteiger partial charge in [-0.3, -0.25) is 4.79 Å². The second kappa shape index (κ2) is 5.52. The van der Waals surface area contributed by atoms with Gasteiger partial charge in [0.1, 0.15) is 5.75 Å². The van der Waals surface area contributed by atoms with E-state index in [1.807, 2.05) is 47.4 Å². The van der Waals surface area contributed by atoms with Gasteiger partial charge in [-0.1, -0.05) is 36.9 Å². The van der Waals surface area contributed by atoms with E-state index in [0.29, 0.717) is 6.54 Å². The molecular weight excluding hydrogens is 298 g/mol. The Labute approximate surface area is 142 Å². The Morgan fingerprint density at radius 1 is 1.21 bits per heavy atom. The van der Waals surface area contributed by atoms with Crippen molar-refractivity contribution in [3.8, 4) is 5.75 Å². The van der Waals surface area contributed by atoms with Crippen LogP contribution in [0.2, 0.25) is 0 Å². The molecule has 0 N–H and O–H groups in total. The van der Waals surface area contributed by atoms with E-state index in [-0.39, 0.29) is 11.3 Å². The van der Waals surface area contributed by atoms with Crippen LogP contribution in [0.15, 0.2) is 49.0 Å². The van der Waals surface area contributed by atoms with Gasteiger partial charge in [-0.2, -0.15) is 0 Å². The first-order chi connectivity index (χ1) is 11.6. The molecule has 1 fully saturated rings. The number of methoxy groups -OCH3 is 1. The molecule has 24 heavy (non-hydrogen) atoms. The summed E-state index contributed by atoms with van der Waals surface area (Å²) in [7, 11) is 1.66. The van der Waals surface area contributed by atoms with Crippen LogP contribution in [0.4, 0.5) is 0 Å². The van der Waals surface area contributed by atoms with E-state index in [9.17, 15) is 4.79 Å². The number of rotatable bonds is 4. The highest BCUT2D eigenvalue weighted by Crippen LogP contribution is 2.52. The second-order valence-electron chi connectivity index (χ2n) is 6.80. The molecule has 0 bridgehead atoms. The van der Waals surface area contributed by atoms with E-state index in [1.54, 1.807) is 7.11 Å². The summed E-state index contributed by atoms with van der Waals surface area (Å²) in [5.74, 6) is 0.971. The average Bonchev–Trinajstić information content (AvgIpc) is 3.40. The molecule has 1 amide bonds. The van der Waals surface area contributed by atoms with Crippen molar-refractivity contribution in [1.82, 2.24) is 4.90 Å². The third-order valence-corrected chi connectivity index (χ3v) is 5.25. The van der Waals surface area contributed by atoms with Gasteiger partial charge in [0.2, 0.25) is 0 Å². The number of amides is 1. The number of hydrogen-bond acceptors (Lipinski definition) is 2. The molecule has 2 aromatic rings. The van der Waals surface area contributed by atoms with Crippen LogP contribution in [0.5, 0.6) is 5.75 Å². The Balaban J connectivity index is 1.64. The normalized spacial score (nSPS) is 17.5. The summed E-state index contributed by atoms with van der Waals surface area (Å²) >= 11 is 0. The standard InChI is InChI=1S/C21H21NO2/c1-3-15-6-9-18-19(12-15)21(10-11-21)14-22(20(18)23)13-16-4-7-17(24-2)8-5-16/h3-9,12H,1,10-11,13-14H2,2H3. The van der Waals surface area contributed by atoms with Crippen LogP contribution >= 0.6 is 0 Å². The first-order valence-electron chi connectivity index (χ1n) is 8.34. The van der Waals surface area contributed by atoms with Crippen LogP contribution in [0.1, 0.15) is 39.9 Å². The van der Waals surface area contributed by atoms with Gasteiger partial charge in [-0.25, -0.2) is 0 Å². The minimum absolute atomic E-state index is 0.133. The van der Waals surface area contributed by atoms with Crippen molar-refractivity contribution in [3.05, 3.63) is 71.3 Å². The Hall–Kier alpha value is -2.55. The Bertz CT molecular complexity index is 803. The van der Waals surface area contributed by atoms with Gasteiger partial charge in [-0.05, 0) is 47.7 Å². The summed E-state index contributed by atoms with van der Waals surface area (Å²) in [4.78, 5) is 14.9. The van der Waals surface area contributed by atoms with Crippen LogP contribution < -0.4 is 4.74 Å². The molecule has 0 saturated heterocycles. The molecule has 1 saturated carbocycles. The molecule has 0 radical (unpaired) electrons. The van der Waals surface area contributed by atoms with E-state index in [2.05, 4.69) is 12.6 Å². The zero-order valence-corrected chi connectivity index (χ0v) is 13.9. The predicted molar refractivity (Wildman–Crippen MR) is 95.2 cm³/mol. The summed E-state index contributed by atoms with van der Waals surface area (Å²) < 4.78 is 5.20. The minimum atomic E-state index is 0.133. The van der Waals surface area contributed by atoms with Crippen LogP contribution in [-0.2, 0) is 12.0 Å². The zero-order chi connectivity index (χ0) is 16.7. The monoisotopic (exact) mass is 319 g/mol. The minimum Gasteiger partial charge on any atom is -0.497 e. The summed E-state index contributed by atoms with van der Waals surface area (Å²) in [5, 5.41) is 0. The first-order valence-corrected chi connectivity index (χ1v) is 8.34. The molecule has 1 aliphatic heterocycles. The molecule has 2 aromatic carbocycles. The third kappa shape index (κ3) is 2.41.